The van der Waals surface area contributed by atoms with Crippen molar-refractivity contribution in [1.82, 2.24) is 4.72 Å². The van der Waals surface area contributed by atoms with Gasteiger partial charge in [-0.3, -0.25) is 0 Å². The van der Waals surface area contributed by atoms with Crippen molar-refractivity contribution in [2.75, 3.05) is 19.7 Å². The number of ether oxygens (including phenoxy) is 1. The first kappa shape index (κ1) is 15.9. The molecule has 2 rings (SSSR count). The van der Waals surface area contributed by atoms with Gasteiger partial charge in [-0.1, -0.05) is 0 Å². The fourth-order valence-corrected chi connectivity index (χ4v) is 4.70. The van der Waals surface area contributed by atoms with Crippen molar-refractivity contribution in [2.24, 2.45) is 5.73 Å². The molecular weight excluding hydrogens is 296 g/mol. The summed E-state index contributed by atoms with van der Waals surface area (Å²) in [6, 6.07) is 3.48. The fraction of sp³-hybridized carbons (Fsp3) is 0.692. The van der Waals surface area contributed by atoms with Gasteiger partial charge in [0.2, 0.25) is 10.0 Å². The molecule has 2 heterocycles. The minimum absolute atomic E-state index is 0.197. The van der Waals surface area contributed by atoms with Crippen LogP contribution >= 0.6 is 11.3 Å². The molecule has 0 radical (unpaired) electrons. The van der Waals surface area contributed by atoms with Crippen molar-refractivity contribution >= 4 is 21.4 Å². The van der Waals surface area contributed by atoms with Crippen LogP contribution in [0.15, 0.2) is 16.3 Å². The number of nitrogens with one attached hydrogen (secondary N) is 1. The lowest BCUT2D eigenvalue weighted by Crippen LogP contribution is -2.29. The molecule has 0 aliphatic carbocycles. The SMILES string of the molecule is NCCc1ccc(S(=O)(=O)NCCC2CCCCO2)s1. The van der Waals surface area contributed by atoms with Crippen molar-refractivity contribution < 1.29 is 13.2 Å². The molecule has 1 fully saturated rings. The number of nitrogens with two attached hydrogens (primary N) is 1. The van der Waals surface area contributed by atoms with Gasteiger partial charge in [0.1, 0.15) is 4.21 Å². The number of rotatable bonds is 7. The van der Waals surface area contributed by atoms with Gasteiger partial charge >= 0.3 is 0 Å². The van der Waals surface area contributed by atoms with Gasteiger partial charge in [-0.15, -0.1) is 11.3 Å². The molecular formula is C13H22N2O3S2. The molecule has 114 valence electrons. The lowest BCUT2D eigenvalue weighted by molar-refractivity contribution is 0.0123. The molecule has 3 N–H and O–H groups in total. The van der Waals surface area contributed by atoms with E-state index in [4.69, 9.17) is 10.5 Å². The molecule has 20 heavy (non-hydrogen) atoms. The van der Waals surface area contributed by atoms with Crippen LogP contribution in [-0.2, 0) is 21.2 Å². The Morgan fingerprint density at radius 2 is 2.25 bits per heavy atom. The van der Waals surface area contributed by atoms with E-state index < -0.39 is 10.0 Å². The van der Waals surface area contributed by atoms with Crippen molar-refractivity contribution in [2.45, 2.75) is 42.4 Å². The Morgan fingerprint density at radius 3 is 2.95 bits per heavy atom. The van der Waals surface area contributed by atoms with Gasteiger partial charge in [0.05, 0.1) is 6.10 Å². The Morgan fingerprint density at radius 1 is 1.40 bits per heavy atom. The van der Waals surface area contributed by atoms with E-state index in [-0.39, 0.29) is 6.10 Å². The average molecular weight is 318 g/mol. The highest BCUT2D eigenvalue weighted by Crippen LogP contribution is 2.22. The second kappa shape index (κ2) is 7.51. The Balaban J connectivity index is 1.83. The van der Waals surface area contributed by atoms with E-state index in [0.717, 1.165) is 37.2 Å². The van der Waals surface area contributed by atoms with Gasteiger partial charge in [0, 0.05) is 18.0 Å². The quantitative estimate of drug-likeness (QED) is 0.798. The molecule has 1 atom stereocenters. The van der Waals surface area contributed by atoms with Crippen LogP contribution in [0.4, 0.5) is 0 Å². The lowest BCUT2D eigenvalue weighted by atomic mass is 10.1. The molecule has 7 heteroatoms. The lowest BCUT2D eigenvalue weighted by Gasteiger charge is -2.22. The van der Waals surface area contributed by atoms with E-state index in [9.17, 15) is 8.42 Å². The van der Waals surface area contributed by atoms with Crippen molar-refractivity contribution in [1.29, 1.82) is 0 Å². The van der Waals surface area contributed by atoms with E-state index in [2.05, 4.69) is 4.72 Å². The van der Waals surface area contributed by atoms with E-state index in [1.807, 2.05) is 6.07 Å². The van der Waals surface area contributed by atoms with Crippen LogP contribution < -0.4 is 10.5 Å². The molecule has 1 aliphatic rings. The van der Waals surface area contributed by atoms with Crippen LogP contribution in [0.1, 0.15) is 30.6 Å². The van der Waals surface area contributed by atoms with E-state index in [1.165, 1.54) is 17.8 Å². The zero-order valence-electron chi connectivity index (χ0n) is 11.5. The van der Waals surface area contributed by atoms with Gasteiger partial charge in [-0.25, -0.2) is 13.1 Å². The number of thiophene rings is 1. The van der Waals surface area contributed by atoms with E-state index in [1.54, 1.807) is 6.07 Å². The predicted octanol–water partition coefficient (Wildman–Crippen LogP) is 1.49. The Labute approximate surface area is 124 Å². The topological polar surface area (TPSA) is 81.4 Å². The Bertz CT molecular complexity index is 507. The smallest absolute Gasteiger partial charge is 0.250 e. The zero-order chi connectivity index (χ0) is 14.4. The van der Waals surface area contributed by atoms with Gasteiger partial charge in [0.15, 0.2) is 0 Å². The van der Waals surface area contributed by atoms with Crippen LogP contribution in [0.25, 0.3) is 0 Å². The third-order valence-corrected chi connectivity index (χ3v) is 6.42. The maximum absolute atomic E-state index is 12.1. The average Bonchev–Trinajstić information content (AvgIpc) is 2.90. The summed E-state index contributed by atoms with van der Waals surface area (Å²) >= 11 is 1.29. The fourth-order valence-electron chi connectivity index (χ4n) is 2.24. The van der Waals surface area contributed by atoms with Crippen LogP contribution in [0, 0.1) is 0 Å². The zero-order valence-corrected chi connectivity index (χ0v) is 13.1. The summed E-state index contributed by atoms with van der Waals surface area (Å²) in [5, 5.41) is 0. The number of hydrogen-bond donors (Lipinski definition) is 2. The standard InChI is InChI=1S/C13H22N2O3S2/c14-8-6-12-4-5-13(19-12)20(16,17)15-9-7-11-3-1-2-10-18-11/h4-5,11,15H,1-3,6-10,14H2. The molecule has 5 nitrogen and oxygen atoms in total. The third-order valence-electron chi connectivity index (χ3n) is 3.32. The highest BCUT2D eigenvalue weighted by molar-refractivity contribution is 7.91. The van der Waals surface area contributed by atoms with E-state index >= 15 is 0 Å². The molecule has 0 saturated carbocycles. The summed E-state index contributed by atoms with van der Waals surface area (Å²) in [4.78, 5) is 1.00. The van der Waals surface area contributed by atoms with Crippen LogP contribution in [0.3, 0.4) is 0 Å². The minimum atomic E-state index is -3.39. The van der Waals surface area contributed by atoms with Crippen LogP contribution in [-0.4, -0.2) is 34.2 Å². The largest absolute Gasteiger partial charge is 0.378 e. The first-order valence-electron chi connectivity index (χ1n) is 7.02. The van der Waals surface area contributed by atoms with Gasteiger partial charge in [-0.05, 0) is 50.8 Å². The second-order valence-electron chi connectivity index (χ2n) is 4.93. The maximum atomic E-state index is 12.1. The summed E-state index contributed by atoms with van der Waals surface area (Å²) in [7, 11) is -3.39. The second-order valence-corrected chi connectivity index (χ2v) is 8.10. The number of hydrogen-bond acceptors (Lipinski definition) is 5. The molecule has 0 aromatic carbocycles. The molecule has 0 amide bonds. The van der Waals surface area contributed by atoms with Gasteiger partial charge in [0.25, 0.3) is 0 Å². The van der Waals surface area contributed by atoms with Crippen molar-refractivity contribution in [3.63, 3.8) is 0 Å². The molecule has 0 spiro atoms. The molecule has 1 unspecified atom stereocenters. The van der Waals surface area contributed by atoms with E-state index in [0.29, 0.717) is 17.3 Å². The molecule has 0 bridgehead atoms. The molecule has 1 aromatic rings. The minimum Gasteiger partial charge on any atom is -0.378 e. The summed E-state index contributed by atoms with van der Waals surface area (Å²) in [6.45, 7) is 1.76. The van der Waals surface area contributed by atoms with Crippen molar-refractivity contribution in [3.8, 4) is 0 Å². The van der Waals surface area contributed by atoms with Gasteiger partial charge < -0.3 is 10.5 Å². The van der Waals surface area contributed by atoms with Crippen LogP contribution in [0.5, 0.6) is 0 Å². The predicted molar refractivity (Wildman–Crippen MR) is 80.5 cm³/mol. The Kier molecular flexibility index (Phi) is 5.98. The highest BCUT2D eigenvalue weighted by atomic mass is 32.2. The number of sulfonamides is 1. The highest BCUT2D eigenvalue weighted by Gasteiger charge is 2.18. The molecule has 1 saturated heterocycles. The first-order chi connectivity index (χ1) is 9.62. The monoisotopic (exact) mass is 318 g/mol. The summed E-state index contributed by atoms with van der Waals surface area (Å²) in [6.07, 6.45) is 4.96. The summed E-state index contributed by atoms with van der Waals surface area (Å²) in [5.74, 6) is 0. The Hall–Kier alpha value is -0.470. The normalized spacial score (nSPS) is 20.1. The maximum Gasteiger partial charge on any atom is 0.250 e. The van der Waals surface area contributed by atoms with Crippen molar-refractivity contribution in [3.05, 3.63) is 17.0 Å². The molecule has 1 aliphatic heterocycles. The van der Waals surface area contributed by atoms with Crippen LogP contribution in [0.2, 0.25) is 0 Å². The third kappa shape index (κ3) is 4.53. The first-order valence-corrected chi connectivity index (χ1v) is 9.32. The molecule has 1 aromatic heterocycles. The van der Waals surface area contributed by atoms with Gasteiger partial charge in [-0.2, -0.15) is 0 Å². The summed E-state index contributed by atoms with van der Waals surface area (Å²) in [5.41, 5.74) is 5.47. The summed E-state index contributed by atoms with van der Waals surface area (Å²) < 4.78 is 32.8.